The van der Waals surface area contributed by atoms with Crippen LogP contribution in [0.15, 0.2) is 34.6 Å². The van der Waals surface area contributed by atoms with Crippen LogP contribution in [-0.4, -0.2) is 43.6 Å². The Morgan fingerprint density at radius 2 is 2.12 bits per heavy atom. The van der Waals surface area contributed by atoms with Crippen LogP contribution < -0.4 is 5.32 Å². The van der Waals surface area contributed by atoms with E-state index in [9.17, 15) is 0 Å². The number of rotatable bonds is 8. The molecule has 1 N–H and O–H groups in total. The average molecular weight is 395 g/mol. The van der Waals surface area contributed by atoms with E-state index in [0.717, 1.165) is 41.1 Å². The Bertz CT molecular complexity index is 702. The smallest absolute Gasteiger partial charge is 0.193 e. The Labute approximate surface area is 165 Å². The van der Waals surface area contributed by atoms with Gasteiger partial charge in [0.05, 0.1) is 12.2 Å². The van der Waals surface area contributed by atoms with Crippen molar-refractivity contribution < 1.29 is 4.74 Å². The van der Waals surface area contributed by atoms with E-state index < -0.39 is 0 Å². The summed E-state index contributed by atoms with van der Waals surface area (Å²) in [5.41, 5.74) is 2.32. The molecule has 1 atom stereocenters. The van der Waals surface area contributed by atoms with E-state index in [4.69, 9.17) is 16.3 Å². The van der Waals surface area contributed by atoms with Crippen molar-refractivity contribution in [3.63, 3.8) is 0 Å². The van der Waals surface area contributed by atoms with Gasteiger partial charge in [0.2, 0.25) is 0 Å². The normalized spacial score (nSPS) is 12.9. The van der Waals surface area contributed by atoms with Crippen LogP contribution in [0, 0.1) is 0 Å². The maximum absolute atomic E-state index is 5.92. The number of nitrogens with zero attached hydrogens (tertiary/aromatic N) is 3. The number of nitrogens with one attached hydrogen (secondary N) is 1. The molecule has 2 aromatic rings. The molecular weight excluding hydrogens is 368 g/mol. The van der Waals surface area contributed by atoms with E-state index in [2.05, 4.69) is 37.7 Å². The summed E-state index contributed by atoms with van der Waals surface area (Å²) in [6.07, 6.45) is 2.07. The van der Waals surface area contributed by atoms with Crippen LogP contribution in [0.2, 0.25) is 5.02 Å². The lowest BCUT2D eigenvalue weighted by Gasteiger charge is -2.21. The van der Waals surface area contributed by atoms with Gasteiger partial charge in [-0.05, 0) is 37.5 Å². The van der Waals surface area contributed by atoms with Crippen LogP contribution in [0.25, 0.3) is 0 Å². The summed E-state index contributed by atoms with van der Waals surface area (Å²) in [4.78, 5) is 11.1. The second-order valence-corrected chi connectivity index (χ2v) is 7.44. The minimum Gasteiger partial charge on any atom is -0.375 e. The molecule has 0 aliphatic heterocycles. The van der Waals surface area contributed by atoms with E-state index >= 15 is 0 Å². The van der Waals surface area contributed by atoms with Crippen molar-refractivity contribution in [2.75, 3.05) is 27.7 Å². The molecule has 1 aromatic carbocycles. The maximum atomic E-state index is 5.92. The van der Waals surface area contributed by atoms with Crippen molar-refractivity contribution in [1.82, 2.24) is 15.2 Å². The molecule has 142 valence electrons. The summed E-state index contributed by atoms with van der Waals surface area (Å²) in [5.74, 6) is 0.871. The van der Waals surface area contributed by atoms with Crippen LogP contribution >= 0.6 is 22.9 Å². The lowest BCUT2D eigenvalue weighted by atomic mass is 10.1. The molecule has 26 heavy (non-hydrogen) atoms. The summed E-state index contributed by atoms with van der Waals surface area (Å²) in [6.45, 7) is 3.58. The van der Waals surface area contributed by atoms with Crippen molar-refractivity contribution in [3.05, 3.63) is 50.9 Å². The number of aliphatic imine (C=N–C) groups is 1. The monoisotopic (exact) mass is 394 g/mol. The molecule has 0 bridgehead atoms. The average Bonchev–Trinajstić information content (AvgIpc) is 3.11. The molecule has 0 spiro atoms. The van der Waals surface area contributed by atoms with Gasteiger partial charge in [-0.2, -0.15) is 0 Å². The number of aromatic nitrogens is 1. The van der Waals surface area contributed by atoms with Gasteiger partial charge in [0.1, 0.15) is 11.1 Å². The van der Waals surface area contributed by atoms with E-state index in [0.29, 0.717) is 6.54 Å². The largest absolute Gasteiger partial charge is 0.375 e. The van der Waals surface area contributed by atoms with Gasteiger partial charge in [-0.1, -0.05) is 23.7 Å². The van der Waals surface area contributed by atoms with Crippen molar-refractivity contribution in [2.24, 2.45) is 4.99 Å². The fraction of sp³-hybridized carbons (Fsp3) is 0.474. The van der Waals surface area contributed by atoms with E-state index in [1.807, 2.05) is 26.1 Å². The Hall–Kier alpha value is -1.63. The number of guanidine groups is 1. The summed E-state index contributed by atoms with van der Waals surface area (Å²) < 4.78 is 5.32. The Morgan fingerprint density at radius 1 is 1.38 bits per heavy atom. The predicted molar refractivity (Wildman–Crippen MR) is 110 cm³/mol. The van der Waals surface area contributed by atoms with E-state index in [1.54, 1.807) is 25.5 Å². The van der Waals surface area contributed by atoms with Crippen molar-refractivity contribution in [3.8, 4) is 0 Å². The topological polar surface area (TPSA) is 49.8 Å². The standard InChI is InChI=1S/C19H27ClN4OS/c1-14(25-4)18-23-17(13-26-18)12-24(3)19(21-2)22-11-5-6-15-7-9-16(20)10-8-15/h7-10,13-14H,5-6,11-12H2,1-4H3,(H,21,22). The highest BCUT2D eigenvalue weighted by atomic mass is 35.5. The fourth-order valence-electron chi connectivity index (χ4n) is 2.53. The fourth-order valence-corrected chi connectivity index (χ4v) is 3.50. The third-order valence-corrected chi connectivity index (χ3v) is 5.39. The molecular formula is C19H27ClN4OS. The second-order valence-electron chi connectivity index (χ2n) is 6.12. The summed E-state index contributed by atoms with van der Waals surface area (Å²) >= 11 is 7.55. The molecule has 0 radical (unpaired) electrons. The summed E-state index contributed by atoms with van der Waals surface area (Å²) in [6, 6.07) is 8.02. The molecule has 0 saturated carbocycles. The molecule has 5 nitrogen and oxygen atoms in total. The van der Waals surface area contributed by atoms with Gasteiger partial charge >= 0.3 is 0 Å². The zero-order chi connectivity index (χ0) is 18.9. The van der Waals surface area contributed by atoms with Gasteiger partial charge in [0.25, 0.3) is 0 Å². The number of benzene rings is 1. The van der Waals surface area contributed by atoms with Crippen molar-refractivity contribution >= 4 is 28.9 Å². The van der Waals surface area contributed by atoms with Crippen LogP contribution in [0.5, 0.6) is 0 Å². The third kappa shape index (κ3) is 6.27. The Morgan fingerprint density at radius 3 is 2.77 bits per heavy atom. The number of thiazole rings is 1. The lowest BCUT2D eigenvalue weighted by Crippen LogP contribution is -2.39. The van der Waals surface area contributed by atoms with Gasteiger partial charge in [-0.25, -0.2) is 4.98 Å². The Kier molecular flexibility index (Phi) is 8.35. The van der Waals surface area contributed by atoms with Crippen molar-refractivity contribution in [2.45, 2.75) is 32.4 Å². The lowest BCUT2D eigenvalue weighted by molar-refractivity contribution is 0.119. The highest BCUT2D eigenvalue weighted by Crippen LogP contribution is 2.20. The number of aryl methyl sites for hydroxylation is 1. The number of hydrogen-bond donors (Lipinski definition) is 1. The SMILES string of the molecule is CN=C(NCCCc1ccc(Cl)cc1)N(C)Cc1csc(C(C)OC)n1. The minimum absolute atomic E-state index is 0.0318. The number of hydrogen-bond acceptors (Lipinski definition) is 4. The highest BCUT2D eigenvalue weighted by Gasteiger charge is 2.12. The number of methoxy groups -OCH3 is 1. The summed E-state index contributed by atoms with van der Waals surface area (Å²) in [5, 5.41) is 7.27. The molecule has 1 unspecified atom stereocenters. The maximum Gasteiger partial charge on any atom is 0.193 e. The molecule has 0 amide bonds. The first kappa shape index (κ1) is 20.7. The molecule has 7 heteroatoms. The quantitative estimate of drug-likeness (QED) is 0.415. The molecule has 0 fully saturated rings. The molecule has 1 heterocycles. The first-order valence-electron chi connectivity index (χ1n) is 8.66. The Balaban J connectivity index is 1.78. The minimum atomic E-state index is 0.0318. The van der Waals surface area contributed by atoms with E-state index in [1.165, 1.54) is 5.56 Å². The second kappa shape index (κ2) is 10.5. The zero-order valence-corrected chi connectivity index (χ0v) is 17.4. The van der Waals surface area contributed by atoms with Crippen LogP contribution in [0.3, 0.4) is 0 Å². The van der Waals surface area contributed by atoms with Gasteiger partial charge < -0.3 is 15.0 Å². The number of halogens is 1. The van der Waals surface area contributed by atoms with Crippen LogP contribution in [0.1, 0.15) is 35.7 Å². The zero-order valence-electron chi connectivity index (χ0n) is 15.8. The van der Waals surface area contributed by atoms with Gasteiger partial charge in [-0.15, -0.1) is 11.3 Å². The van der Waals surface area contributed by atoms with Crippen molar-refractivity contribution in [1.29, 1.82) is 0 Å². The van der Waals surface area contributed by atoms with Gasteiger partial charge in [0, 0.05) is 38.2 Å². The van der Waals surface area contributed by atoms with Crippen LogP contribution in [-0.2, 0) is 17.7 Å². The molecule has 0 aliphatic carbocycles. The molecule has 0 saturated heterocycles. The van der Waals surface area contributed by atoms with Gasteiger partial charge in [-0.3, -0.25) is 4.99 Å². The predicted octanol–water partition coefficient (Wildman–Crippen LogP) is 4.14. The first-order chi connectivity index (χ1) is 12.5. The molecule has 2 rings (SSSR count). The summed E-state index contributed by atoms with van der Waals surface area (Å²) in [7, 11) is 5.53. The van der Waals surface area contributed by atoms with Crippen LogP contribution in [0.4, 0.5) is 0 Å². The van der Waals surface area contributed by atoms with Gasteiger partial charge in [0.15, 0.2) is 5.96 Å². The highest BCUT2D eigenvalue weighted by molar-refractivity contribution is 7.09. The molecule has 0 aliphatic rings. The van der Waals surface area contributed by atoms with E-state index in [-0.39, 0.29) is 6.10 Å². The third-order valence-electron chi connectivity index (χ3n) is 4.08. The molecule has 1 aromatic heterocycles. The number of ether oxygens (including phenoxy) is 1. The first-order valence-corrected chi connectivity index (χ1v) is 9.92.